The number of alkyl halides is 4. The van der Waals surface area contributed by atoms with Crippen LogP contribution < -0.4 is 0 Å². The van der Waals surface area contributed by atoms with E-state index in [9.17, 15) is 17.6 Å². The lowest BCUT2D eigenvalue weighted by molar-refractivity contribution is -0.00735. The molecule has 0 aromatic heterocycles. The molecular formula is C16H8Br4F4. The van der Waals surface area contributed by atoms with E-state index in [2.05, 4.69) is 63.7 Å². The molecule has 0 nitrogen and oxygen atoms in total. The third-order valence-corrected chi connectivity index (χ3v) is 6.75. The average molecular weight is 596 g/mol. The summed E-state index contributed by atoms with van der Waals surface area (Å²) >= 11 is 12.6. The molecular weight excluding hydrogens is 588 g/mol. The van der Waals surface area contributed by atoms with Crippen molar-refractivity contribution >= 4 is 63.7 Å². The molecule has 8 heteroatoms. The summed E-state index contributed by atoms with van der Waals surface area (Å²) in [5.41, 5.74) is 0.0152. The van der Waals surface area contributed by atoms with Crippen molar-refractivity contribution in [2.75, 3.05) is 0 Å². The third-order valence-electron chi connectivity index (χ3n) is 3.92. The monoisotopic (exact) mass is 592 g/mol. The number of hydrogen-bond donors (Lipinski definition) is 0. The number of benzene rings is 2. The Morgan fingerprint density at radius 3 is 1.08 bits per heavy atom. The van der Waals surface area contributed by atoms with E-state index in [0.717, 1.165) is 0 Å². The lowest BCUT2D eigenvalue weighted by Crippen LogP contribution is -2.22. The van der Waals surface area contributed by atoms with Gasteiger partial charge in [0.1, 0.15) is 0 Å². The Labute approximate surface area is 169 Å². The molecule has 0 heterocycles. The van der Waals surface area contributed by atoms with Gasteiger partial charge in [0, 0.05) is 41.9 Å². The number of halogens is 8. The highest BCUT2D eigenvalue weighted by Gasteiger charge is 2.39. The molecule has 0 unspecified atom stereocenters. The van der Waals surface area contributed by atoms with Crippen LogP contribution in [0.1, 0.15) is 22.3 Å². The van der Waals surface area contributed by atoms with Gasteiger partial charge in [-0.05, 0) is 35.4 Å². The molecule has 0 spiro atoms. The van der Waals surface area contributed by atoms with E-state index in [0.29, 0.717) is 0 Å². The van der Waals surface area contributed by atoms with Crippen LogP contribution in [0, 0.1) is 0 Å². The molecule has 24 heavy (non-hydrogen) atoms. The molecule has 0 aliphatic heterocycles. The van der Waals surface area contributed by atoms with E-state index in [1.54, 1.807) is 0 Å². The van der Waals surface area contributed by atoms with Gasteiger partial charge in [0.25, 0.3) is 11.8 Å². The highest BCUT2D eigenvalue weighted by atomic mass is 79.9. The molecule has 0 saturated heterocycles. The van der Waals surface area contributed by atoms with Crippen LogP contribution in [0.3, 0.4) is 0 Å². The van der Waals surface area contributed by atoms with E-state index < -0.39 is 24.7 Å². The molecule has 2 aromatic carbocycles. The van der Waals surface area contributed by atoms with E-state index in [1.807, 2.05) is 0 Å². The highest BCUT2D eigenvalue weighted by molar-refractivity contribution is 9.11. The summed E-state index contributed by atoms with van der Waals surface area (Å²) in [6.45, 7) is 0. The molecule has 128 valence electrons. The molecule has 0 saturated carbocycles. The Morgan fingerprint density at radius 1 is 0.583 bits per heavy atom. The van der Waals surface area contributed by atoms with E-state index >= 15 is 0 Å². The van der Waals surface area contributed by atoms with Gasteiger partial charge in [-0.15, -0.1) is 0 Å². The van der Waals surface area contributed by atoms with Crippen molar-refractivity contribution < 1.29 is 17.6 Å². The lowest BCUT2D eigenvalue weighted by Gasteiger charge is -2.25. The Bertz CT molecular complexity index is 717. The molecule has 2 aromatic rings. The van der Waals surface area contributed by atoms with Crippen LogP contribution in [-0.4, -0.2) is 0 Å². The summed E-state index contributed by atoms with van der Waals surface area (Å²) in [4.78, 5) is 0. The fourth-order valence-corrected chi connectivity index (χ4v) is 5.55. The quantitative estimate of drug-likeness (QED) is 0.274. The topological polar surface area (TPSA) is 0 Å². The Hall–Kier alpha value is 0.0800. The maximum Gasteiger partial charge on any atom is 0.277 e. The highest BCUT2D eigenvalue weighted by Crippen LogP contribution is 2.45. The van der Waals surface area contributed by atoms with Gasteiger partial charge in [-0.3, -0.25) is 0 Å². The second-order valence-electron chi connectivity index (χ2n) is 5.60. The summed E-state index contributed by atoms with van der Waals surface area (Å²) in [5, 5.41) is 0. The third kappa shape index (κ3) is 3.35. The predicted molar refractivity (Wildman–Crippen MR) is 98.9 cm³/mol. The van der Waals surface area contributed by atoms with E-state index in [-0.39, 0.29) is 40.1 Å². The maximum absolute atomic E-state index is 14.7. The predicted octanol–water partition coefficient (Wildman–Crippen LogP) is 7.72. The van der Waals surface area contributed by atoms with Gasteiger partial charge in [0.15, 0.2) is 0 Å². The van der Waals surface area contributed by atoms with Crippen LogP contribution in [0.5, 0.6) is 0 Å². The molecule has 0 radical (unpaired) electrons. The summed E-state index contributed by atoms with van der Waals surface area (Å²) < 4.78 is 59.9. The molecule has 4 aliphatic carbocycles. The number of rotatable bonds is 0. The summed E-state index contributed by atoms with van der Waals surface area (Å²) in [7, 11) is 0. The van der Waals surface area contributed by atoms with Crippen molar-refractivity contribution in [1.29, 1.82) is 0 Å². The first kappa shape index (κ1) is 18.9. The van der Waals surface area contributed by atoms with Gasteiger partial charge in [-0.25, -0.2) is 17.6 Å². The molecule has 0 atom stereocenters. The minimum Gasteiger partial charge on any atom is -0.201 e. The van der Waals surface area contributed by atoms with Crippen molar-refractivity contribution in [2.24, 2.45) is 0 Å². The first-order valence-corrected chi connectivity index (χ1v) is 9.91. The van der Waals surface area contributed by atoms with Crippen LogP contribution >= 0.6 is 63.7 Å². The normalized spacial score (nSPS) is 18.3. The van der Waals surface area contributed by atoms with Crippen LogP contribution in [0.2, 0.25) is 0 Å². The van der Waals surface area contributed by atoms with Crippen LogP contribution in [0.4, 0.5) is 17.6 Å². The lowest BCUT2D eigenvalue weighted by atomic mass is 9.93. The van der Waals surface area contributed by atoms with Crippen LogP contribution in [0.15, 0.2) is 42.2 Å². The number of hydrogen-bond acceptors (Lipinski definition) is 0. The Kier molecular flexibility index (Phi) is 4.99. The fraction of sp³-hybridized carbons (Fsp3) is 0.250. The molecule has 0 amide bonds. The van der Waals surface area contributed by atoms with Crippen LogP contribution in [0.25, 0.3) is 0 Å². The molecule has 6 rings (SSSR count). The van der Waals surface area contributed by atoms with Gasteiger partial charge in [-0.2, -0.15) is 0 Å². The van der Waals surface area contributed by atoms with Gasteiger partial charge >= 0.3 is 0 Å². The van der Waals surface area contributed by atoms with Crippen molar-refractivity contribution in [3.05, 3.63) is 64.4 Å². The summed E-state index contributed by atoms with van der Waals surface area (Å²) in [6, 6.07) is 4.86. The minimum absolute atomic E-state index is 0.236. The van der Waals surface area contributed by atoms with E-state index in [1.165, 1.54) is 24.3 Å². The molecule has 4 bridgehead atoms. The largest absolute Gasteiger partial charge is 0.277 e. The van der Waals surface area contributed by atoms with Crippen LogP contribution in [-0.2, 0) is 24.7 Å². The smallest absolute Gasteiger partial charge is 0.201 e. The summed E-state index contributed by atoms with van der Waals surface area (Å²) in [5.74, 6) is -6.31. The molecule has 0 fully saturated rings. The molecule has 0 N–H and O–H groups in total. The second-order valence-corrected chi connectivity index (χ2v) is 9.02. The van der Waals surface area contributed by atoms with Gasteiger partial charge in [-0.1, -0.05) is 63.7 Å². The van der Waals surface area contributed by atoms with Crippen molar-refractivity contribution in [1.82, 2.24) is 0 Å². The van der Waals surface area contributed by atoms with Gasteiger partial charge in [0.2, 0.25) is 0 Å². The standard InChI is InChI=1S/C16H8Br4F4/c17-11-1-7-2-12(18)9(11)5-16(23,24)8-3-13(19)10(14(20)4-8)6-15(7,21)22/h1-4H,5-6H2. The van der Waals surface area contributed by atoms with Crippen molar-refractivity contribution in [3.8, 4) is 0 Å². The SMILES string of the molecule is FC1(F)Cc2c(Br)cc(cc2Br)C(F)(F)Cc2c(Br)cc1cc2Br. The Balaban J connectivity index is 2.33. The zero-order valence-electron chi connectivity index (χ0n) is 11.7. The minimum atomic E-state index is -3.15. The second kappa shape index (κ2) is 6.35. The van der Waals surface area contributed by atoms with Crippen molar-refractivity contribution in [3.63, 3.8) is 0 Å². The molecule has 4 aliphatic rings. The fourth-order valence-electron chi connectivity index (χ4n) is 2.61. The van der Waals surface area contributed by atoms with Gasteiger partial charge < -0.3 is 0 Å². The first-order chi connectivity index (χ1) is 11.0. The summed E-state index contributed by atoms with van der Waals surface area (Å²) in [6.07, 6.45) is -1.23. The van der Waals surface area contributed by atoms with E-state index in [4.69, 9.17) is 0 Å². The average Bonchev–Trinajstić information content (AvgIpc) is 2.45. The zero-order chi connectivity index (χ0) is 17.9. The van der Waals surface area contributed by atoms with Crippen molar-refractivity contribution in [2.45, 2.75) is 24.7 Å². The Morgan fingerprint density at radius 2 is 0.833 bits per heavy atom. The first-order valence-electron chi connectivity index (χ1n) is 6.74. The van der Waals surface area contributed by atoms with Gasteiger partial charge in [0.05, 0.1) is 0 Å². The maximum atomic E-state index is 14.7. The zero-order valence-corrected chi connectivity index (χ0v) is 18.1.